The maximum Gasteiger partial charge on any atom is 0.162 e. The van der Waals surface area contributed by atoms with Crippen molar-refractivity contribution in [1.82, 2.24) is 10.2 Å². The predicted molar refractivity (Wildman–Crippen MR) is 68.6 cm³/mol. The average molecular weight is 233 g/mol. The highest BCUT2D eigenvalue weighted by atomic mass is 15.3. The lowest BCUT2D eigenvalue weighted by atomic mass is 10.1. The van der Waals surface area contributed by atoms with E-state index >= 15 is 0 Å². The molecule has 0 radical (unpaired) electrons. The molecule has 0 unspecified atom stereocenters. The standard InChI is InChI=1S/C12H19N5/c1-8-9(2)15-16-12(10(8)11(13)14)17-6-4-3-5-7-17/h3-7H2,1-2H3,(H3,13,14). The molecular weight excluding hydrogens is 214 g/mol. The minimum atomic E-state index is 0.0843. The van der Waals surface area contributed by atoms with Crippen LogP contribution in [-0.4, -0.2) is 29.1 Å². The van der Waals surface area contributed by atoms with Gasteiger partial charge in [-0.3, -0.25) is 5.41 Å². The first-order valence-corrected chi connectivity index (χ1v) is 6.04. The SMILES string of the molecule is Cc1nnc(N2CCCCC2)c(C(=N)N)c1C. The van der Waals surface area contributed by atoms with Gasteiger partial charge in [0.15, 0.2) is 5.82 Å². The molecule has 1 fully saturated rings. The Labute approximate surface area is 102 Å². The average Bonchev–Trinajstić information content (AvgIpc) is 2.33. The van der Waals surface area contributed by atoms with Gasteiger partial charge in [-0.25, -0.2) is 0 Å². The number of amidine groups is 1. The molecule has 0 atom stereocenters. The molecule has 92 valence electrons. The second-order valence-electron chi connectivity index (χ2n) is 4.57. The number of hydrogen-bond donors (Lipinski definition) is 2. The lowest BCUT2D eigenvalue weighted by molar-refractivity contribution is 0.570. The molecule has 17 heavy (non-hydrogen) atoms. The van der Waals surface area contributed by atoms with Gasteiger partial charge >= 0.3 is 0 Å². The topological polar surface area (TPSA) is 78.9 Å². The quantitative estimate of drug-likeness (QED) is 0.597. The summed E-state index contributed by atoms with van der Waals surface area (Å²) < 4.78 is 0. The van der Waals surface area contributed by atoms with E-state index in [0.29, 0.717) is 0 Å². The van der Waals surface area contributed by atoms with Crippen molar-refractivity contribution >= 4 is 11.7 Å². The van der Waals surface area contributed by atoms with Crippen LogP contribution < -0.4 is 10.6 Å². The Kier molecular flexibility index (Phi) is 3.26. The molecule has 0 amide bonds. The number of piperidine rings is 1. The zero-order chi connectivity index (χ0) is 12.4. The van der Waals surface area contributed by atoms with E-state index in [9.17, 15) is 0 Å². The number of rotatable bonds is 2. The van der Waals surface area contributed by atoms with E-state index < -0.39 is 0 Å². The lowest BCUT2D eigenvalue weighted by Gasteiger charge is -2.29. The summed E-state index contributed by atoms with van der Waals surface area (Å²) in [6.45, 7) is 5.82. The molecule has 5 nitrogen and oxygen atoms in total. The van der Waals surface area contributed by atoms with Crippen molar-refractivity contribution in [2.24, 2.45) is 5.73 Å². The fourth-order valence-corrected chi connectivity index (χ4v) is 2.25. The fourth-order valence-electron chi connectivity index (χ4n) is 2.25. The summed E-state index contributed by atoms with van der Waals surface area (Å²) in [6.07, 6.45) is 3.61. The highest BCUT2D eigenvalue weighted by Crippen LogP contribution is 2.24. The van der Waals surface area contributed by atoms with E-state index in [2.05, 4.69) is 15.1 Å². The number of nitrogens with one attached hydrogen (secondary N) is 1. The molecule has 0 bridgehead atoms. The summed E-state index contributed by atoms with van der Waals surface area (Å²) in [5, 5.41) is 16.1. The van der Waals surface area contributed by atoms with Crippen molar-refractivity contribution in [3.63, 3.8) is 0 Å². The Morgan fingerprint density at radius 1 is 1.18 bits per heavy atom. The van der Waals surface area contributed by atoms with E-state index in [1.807, 2.05) is 13.8 Å². The number of nitrogen functional groups attached to an aromatic ring is 1. The van der Waals surface area contributed by atoms with Gasteiger partial charge in [0.1, 0.15) is 5.84 Å². The second-order valence-corrected chi connectivity index (χ2v) is 4.57. The predicted octanol–water partition coefficient (Wildman–Crippen LogP) is 1.37. The number of hydrogen-bond acceptors (Lipinski definition) is 4. The van der Waals surface area contributed by atoms with Crippen molar-refractivity contribution in [2.45, 2.75) is 33.1 Å². The number of nitrogens with zero attached hydrogens (tertiary/aromatic N) is 3. The van der Waals surface area contributed by atoms with Gasteiger partial charge in [0.25, 0.3) is 0 Å². The van der Waals surface area contributed by atoms with Crippen molar-refractivity contribution in [1.29, 1.82) is 5.41 Å². The van der Waals surface area contributed by atoms with Crippen LogP contribution in [0.5, 0.6) is 0 Å². The van der Waals surface area contributed by atoms with Gasteiger partial charge in [-0.05, 0) is 38.7 Å². The van der Waals surface area contributed by atoms with Gasteiger partial charge in [0.05, 0.1) is 11.3 Å². The first-order valence-electron chi connectivity index (χ1n) is 6.04. The van der Waals surface area contributed by atoms with Crippen molar-refractivity contribution < 1.29 is 0 Å². The molecular formula is C12H19N5. The summed E-state index contributed by atoms with van der Waals surface area (Å²) in [5.41, 5.74) is 8.24. The molecule has 5 heteroatoms. The third-order valence-electron chi connectivity index (χ3n) is 3.36. The molecule has 2 heterocycles. The van der Waals surface area contributed by atoms with Crippen LogP contribution in [0.2, 0.25) is 0 Å². The molecule has 1 aromatic rings. The van der Waals surface area contributed by atoms with Crippen molar-refractivity contribution in [2.75, 3.05) is 18.0 Å². The number of anilines is 1. The zero-order valence-electron chi connectivity index (χ0n) is 10.5. The van der Waals surface area contributed by atoms with Crippen LogP contribution >= 0.6 is 0 Å². The van der Waals surface area contributed by atoms with Gasteiger partial charge in [-0.1, -0.05) is 0 Å². The molecule has 2 rings (SSSR count). The first-order chi connectivity index (χ1) is 8.11. The maximum atomic E-state index is 7.72. The Morgan fingerprint density at radius 3 is 2.41 bits per heavy atom. The second kappa shape index (κ2) is 4.69. The molecule has 0 aromatic carbocycles. The summed E-state index contributed by atoms with van der Waals surface area (Å²) >= 11 is 0. The molecule has 1 saturated heterocycles. The van der Waals surface area contributed by atoms with Crippen LogP contribution in [0.4, 0.5) is 5.82 Å². The van der Waals surface area contributed by atoms with Gasteiger partial charge < -0.3 is 10.6 Å². The molecule has 1 aliphatic heterocycles. The lowest BCUT2D eigenvalue weighted by Crippen LogP contribution is -2.33. The minimum Gasteiger partial charge on any atom is -0.384 e. The smallest absolute Gasteiger partial charge is 0.162 e. The van der Waals surface area contributed by atoms with E-state index in [0.717, 1.165) is 35.7 Å². The van der Waals surface area contributed by atoms with Crippen LogP contribution in [0.15, 0.2) is 0 Å². The monoisotopic (exact) mass is 233 g/mol. The van der Waals surface area contributed by atoms with Crippen LogP contribution in [-0.2, 0) is 0 Å². The van der Waals surface area contributed by atoms with E-state index in [1.165, 1.54) is 19.3 Å². The molecule has 0 spiro atoms. The van der Waals surface area contributed by atoms with E-state index in [-0.39, 0.29) is 5.84 Å². The van der Waals surface area contributed by atoms with Gasteiger partial charge in [0.2, 0.25) is 0 Å². The van der Waals surface area contributed by atoms with Gasteiger partial charge in [-0.15, -0.1) is 5.10 Å². The Morgan fingerprint density at radius 2 is 1.82 bits per heavy atom. The molecule has 1 aliphatic rings. The number of nitrogens with two attached hydrogens (primary N) is 1. The van der Waals surface area contributed by atoms with E-state index in [4.69, 9.17) is 11.1 Å². The third-order valence-corrected chi connectivity index (χ3v) is 3.36. The van der Waals surface area contributed by atoms with Crippen molar-refractivity contribution in [3.05, 3.63) is 16.8 Å². The Hall–Kier alpha value is -1.65. The molecule has 3 N–H and O–H groups in total. The summed E-state index contributed by atoms with van der Waals surface area (Å²) in [4.78, 5) is 2.19. The third kappa shape index (κ3) is 2.23. The maximum absolute atomic E-state index is 7.72. The van der Waals surface area contributed by atoms with Crippen LogP contribution in [0.3, 0.4) is 0 Å². The largest absolute Gasteiger partial charge is 0.384 e. The fraction of sp³-hybridized carbons (Fsp3) is 0.583. The number of aryl methyl sites for hydroxylation is 1. The summed E-state index contributed by atoms with van der Waals surface area (Å²) in [5.74, 6) is 0.862. The number of aromatic nitrogens is 2. The summed E-state index contributed by atoms with van der Waals surface area (Å²) in [6, 6.07) is 0. The van der Waals surface area contributed by atoms with Crippen LogP contribution in [0, 0.1) is 19.3 Å². The van der Waals surface area contributed by atoms with Crippen LogP contribution in [0.25, 0.3) is 0 Å². The molecule has 0 aliphatic carbocycles. The van der Waals surface area contributed by atoms with Crippen molar-refractivity contribution in [3.8, 4) is 0 Å². The van der Waals surface area contributed by atoms with Crippen LogP contribution in [0.1, 0.15) is 36.1 Å². The van der Waals surface area contributed by atoms with Gasteiger partial charge in [0, 0.05) is 13.1 Å². The molecule has 1 aromatic heterocycles. The first kappa shape index (κ1) is 11.8. The Balaban J connectivity index is 2.45. The van der Waals surface area contributed by atoms with E-state index in [1.54, 1.807) is 0 Å². The normalized spacial score (nSPS) is 16.0. The highest BCUT2D eigenvalue weighted by Gasteiger charge is 2.20. The summed E-state index contributed by atoms with van der Waals surface area (Å²) in [7, 11) is 0. The zero-order valence-corrected chi connectivity index (χ0v) is 10.5. The molecule has 0 saturated carbocycles. The minimum absolute atomic E-state index is 0.0843. The Bertz CT molecular complexity index is 435. The van der Waals surface area contributed by atoms with Gasteiger partial charge in [-0.2, -0.15) is 5.10 Å². The highest BCUT2D eigenvalue weighted by molar-refractivity contribution is 6.01.